The van der Waals surface area contributed by atoms with Gasteiger partial charge in [-0.3, -0.25) is 9.59 Å². The summed E-state index contributed by atoms with van der Waals surface area (Å²) in [5.74, 6) is -1.28. The molecule has 2 aromatic carbocycles. The molecule has 2 N–H and O–H groups in total. The lowest BCUT2D eigenvalue weighted by Gasteiger charge is -2.28. The van der Waals surface area contributed by atoms with Crippen LogP contribution in [0.15, 0.2) is 53.4 Å². The number of carbonyl (C=O) groups is 2. The Bertz CT molecular complexity index is 805. The van der Waals surface area contributed by atoms with Crippen LogP contribution in [-0.2, 0) is 20.7 Å². The number of morpholine rings is 1. The number of rotatable bonds is 6. The number of anilines is 2. The molecule has 1 heterocycles. The molecule has 1 fully saturated rings. The van der Waals surface area contributed by atoms with Crippen molar-refractivity contribution in [3.8, 4) is 0 Å². The summed E-state index contributed by atoms with van der Waals surface area (Å²) in [6, 6.07) is 15.7. The monoisotopic (exact) mass is 399 g/mol. The lowest BCUT2D eigenvalue weighted by molar-refractivity contribution is -0.136. The summed E-state index contributed by atoms with van der Waals surface area (Å²) in [6.07, 6.45) is 2.63. The van der Waals surface area contributed by atoms with Crippen molar-refractivity contribution in [3.05, 3.63) is 54.1 Å². The van der Waals surface area contributed by atoms with Gasteiger partial charge in [-0.1, -0.05) is 18.2 Å². The van der Waals surface area contributed by atoms with Gasteiger partial charge in [0.1, 0.15) is 0 Å². The van der Waals surface area contributed by atoms with E-state index in [0.29, 0.717) is 18.7 Å². The van der Waals surface area contributed by atoms with E-state index in [4.69, 9.17) is 4.74 Å². The van der Waals surface area contributed by atoms with Crippen molar-refractivity contribution in [2.24, 2.45) is 0 Å². The third-order valence-electron chi connectivity index (χ3n) is 4.55. The predicted molar refractivity (Wildman–Crippen MR) is 113 cm³/mol. The number of hydrogen-bond acceptors (Lipinski definition) is 5. The molecule has 28 heavy (non-hydrogen) atoms. The Morgan fingerprint density at radius 3 is 2.54 bits per heavy atom. The van der Waals surface area contributed by atoms with Crippen LogP contribution in [0.4, 0.5) is 11.4 Å². The maximum Gasteiger partial charge on any atom is 0.313 e. The average Bonchev–Trinajstić information content (AvgIpc) is 2.75. The van der Waals surface area contributed by atoms with E-state index in [1.807, 2.05) is 24.5 Å². The van der Waals surface area contributed by atoms with Crippen molar-refractivity contribution in [1.29, 1.82) is 0 Å². The summed E-state index contributed by atoms with van der Waals surface area (Å²) in [4.78, 5) is 27.4. The minimum atomic E-state index is -0.652. The van der Waals surface area contributed by atoms with E-state index in [0.717, 1.165) is 36.8 Å². The van der Waals surface area contributed by atoms with Crippen LogP contribution < -0.4 is 15.5 Å². The van der Waals surface area contributed by atoms with Gasteiger partial charge in [0.2, 0.25) is 0 Å². The number of nitrogens with zero attached hydrogens (tertiary/aromatic N) is 1. The van der Waals surface area contributed by atoms with Crippen LogP contribution in [0.2, 0.25) is 0 Å². The van der Waals surface area contributed by atoms with Crippen LogP contribution in [0, 0.1) is 0 Å². The van der Waals surface area contributed by atoms with Crippen LogP contribution in [-0.4, -0.2) is 50.9 Å². The molecule has 1 saturated heterocycles. The van der Waals surface area contributed by atoms with Crippen LogP contribution in [0.5, 0.6) is 0 Å². The fraction of sp³-hybridized carbons (Fsp3) is 0.333. The first kappa shape index (κ1) is 20.2. The van der Waals surface area contributed by atoms with Gasteiger partial charge >= 0.3 is 11.8 Å². The molecule has 0 atom stereocenters. The van der Waals surface area contributed by atoms with E-state index in [1.54, 1.807) is 17.8 Å². The first-order valence-corrected chi connectivity index (χ1v) is 10.5. The minimum Gasteiger partial charge on any atom is -0.378 e. The maximum atomic E-state index is 12.0. The first-order valence-electron chi connectivity index (χ1n) is 9.30. The zero-order valence-corrected chi connectivity index (χ0v) is 16.8. The minimum absolute atomic E-state index is 0.411. The largest absolute Gasteiger partial charge is 0.378 e. The van der Waals surface area contributed by atoms with Crippen LogP contribution >= 0.6 is 11.8 Å². The molecule has 0 unspecified atom stereocenters. The number of hydrogen-bond donors (Lipinski definition) is 2. The molecule has 1 aliphatic heterocycles. The molecule has 6 nitrogen and oxygen atoms in total. The summed E-state index contributed by atoms with van der Waals surface area (Å²) >= 11 is 1.58. The molecule has 7 heteroatoms. The smallest absolute Gasteiger partial charge is 0.313 e. The standard InChI is InChI=1S/C21H25N3O3S/c1-28-19-4-2-3-17(15-19)23-21(26)20(25)22-10-9-16-5-7-18(8-6-16)24-11-13-27-14-12-24/h2-8,15H,9-14H2,1H3,(H,22,25)(H,23,26). The number of carbonyl (C=O) groups excluding carboxylic acids is 2. The fourth-order valence-electron chi connectivity index (χ4n) is 2.98. The molecule has 148 valence electrons. The highest BCUT2D eigenvalue weighted by molar-refractivity contribution is 7.98. The van der Waals surface area contributed by atoms with Crippen LogP contribution in [0.25, 0.3) is 0 Å². The van der Waals surface area contributed by atoms with Gasteiger partial charge in [0, 0.05) is 35.9 Å². The van der Waals surface area contributed by atoms with Gasteiger partial charge in [-0.25, -0.2) is 0 Å². The van der Waals surface area contributed by atoms with Gasteiger partial charge in [0.05, 0.1) is 13.2 Å². The molecule has 1 aliphatic rings. The Kier molecular flexibility index (Phi) is 7.33. The molecule has 3 rings (SSSR count). The van der Waals surface area contributed by atoms with Crippen LogP contribution in [0.3, 0.4) is 0 Å². The Balaban J connectivity index is 1.43. The van der Waals surface area contributed by atoms with E-state index >= 15 is 0 Å². The first-order chi connectivity index (χ1) is 13.7. The molecule has 0 aromatic heterocycles. The fourth-order valence-corrected chi connectivity index (χ4v) is 3.44. The third-order valence-corrected chi connectivity index (χ3v) is 5.27. The highest BCUT2D eigenvalue weighted by Gasteiger charge is 2.14. The van der Waals surface area contributed by atoms with E-state index < -0.39 is 11.8 Å². The van der Waals surface area contributed by atoms with E-state index in [9.17, 15) is 9.59 Å². The van der Waals surface area contributed by atoms with E-state index in [-0.39, 0.29) is 0 Å². The van der Waals surface area contributed by atoms with Gasteiger partial charge in [0.25, 0.3) is 0 Å². The second kappa shape index (κ2) is 10.1. The summed E-state index contributed by atoms with van der Waals surface area (Å²) in [7, 11) is 0. The lowest BCUT2D eigenvalue weighted by Crippen LogP contribution is -2.36. The predicted octanol–water partition coefficient (Wildman–Crippen LogP) is 2.54. The van der Waals surface area contributed by atoms with Gasteiger partial charge in [-0.05, 0) is 48.6 Å². The molecule has 0 aliphatic carbocycles. The van der Waals surface area contributed by atoms with Gasteiger partial charge in [-0.2, -0.15) is 0 Å². The number of thioether (sulfide) groups is 1. The third kappa shape index (κ3) is 5.74. The topological polar surface area (TPSA) is 70.7 Å². The Labute approximate surface area is 169 Å². The molecule has 2 aromatic rings. The maximum absolute atomic E-state index is 12.0. The molecule has 0 spiro atoms. The molecular formula is C21H25N3O3S. The Hall–Kier alpha value is -2.51. The summed E-state index contributed by atoms with van der Waals surface area (Å²) in [5.41, 5.74) is 2.92. The quantitative estimate of drug-likeness (QED) is 0.577. The van der Waals surface area contributed by atoms with Crippen molar-refractivity contribution in [2.75, 3.05) is 49.3 Å². The molecule has 2 amide bonds. The summed E-state index contributed by atoms with van der Waals surface area (Å²) < 4.78 is 5.37. The number of amides is 2. The number of nitrogens with one attached hydrogen (secondary N) is 2. The van der Waals surface area contributed by atoms with Gasteiger partial charge < -0.3 is 20.3 Å². The molecular weight excluding hydrogens is 374 g/mol. The summed E-state index contributed by atoms with van der Waals surface area (Å²) in [5, 5.41) is 5.30. The molecule has 0 bridgehead atoms. The Morgan fingerprint density at radius 1 is 1.07 bits per heavy atom. The summed E-state index contributed by atoms with van der Waals surface area (Å²) in [6.45, 7) is 3.75. The van der Waals surface area contributed by atoms with Crippen molar-refractivity contribution >= 4 is 35.0 Å². The second-order valence-corrected chi connectivity index (χ2v) is 7.34. The number of benzene rings is 2. The lowest BCUT2D eigenvalue weighted by atomic mass is 10.1. The Morgan fingerprint density at radius 2 is 1.82 bits per heavy atom. The van der Waals surface area contributed by atoms with Crippen molar-refractivity contribution in [1.82, 2.24) is 5.32 Å². The zero-order chi connectivity index (χ0) is 19.8. The number of ether oxygens (including phenoxy) is 1. The van der Waals surface area contributed by atoms with Gasteiger partial charge in [-0.15, -0.1) is 11.8 Å². The second-order valence-electron chi connectivity index (χ2n) is 6.46. The van der Waals surface area contributed by atoms with Crippen molar-refractivity contribution in [2.45, 2.75) is 11.3 Å². The van der Waals surface area contributed by atoms with Crippen LogP contribution in [0.1, 0.15) is 5.56 Å². The zero-order valence-electron chi connectivity index (χ0n) is 15.9. The SMILES string of the molecule is CSc1cccc(NC(=O)C(=O)NCCc2ccc(N3CCOCC3)cc2)c1. The highest BCUT2D eigenvalue weighted by atomic mass is 32.2. The van der Waals surface area contributed by atoms with E-state index in [2.05, 4.69) is 39.8 Å². The van der Waals surface area contributed by atoms with Gasteiger partial charge in [0.15, 0.2) is 0 Å². The molecule has 0 saturated carbocycles. The van der Waals surface area contributed by atoms with E-state index in [1.165, 1.54) is 5.69 Å². The van der Waals surface area contributed by atoms with Crippen molar-refractivity contribution < 1.29 is 14.3 Å². The highest BCUT2D eigenvalue weighted by Crippen LogP contribution is 2.19. The normalized spacial score (nSPS) is 13.8. The average molecular weight is 400 g/mol. The van der Waals surface area contributed by atoms with Crippen molar-refractivity contribution in [3.63, 3.8) is 0 Å². The molecule has 0 radical (unpaired) electrons.